The molecule has 1 aromatic carbocycles. The second kappa shape index (κ2) is 7.62. The van der Waals surface area contributed by atoms with E-state index in [0.29, 0.717) is 26.1 Å². The number of piperidine rings is 1. The molecule has 30 heavy (non-hydrogen) atoms. The SMILES string of the molecule is CC(C)(C)OC(=O)N1CCC(n2cc3cc(N4CCC(=O)NC4=O)ccc3n2)CC1. The first-order valence-corrected chi connectivity index (χ1v) is 10.3. The summed E-state index contributed by atoms with van der Waals surface area (Å²) in [5.74, 6) is -0.247. The van der Waals surface area contributed by atoms with E-state index in [1.165, 1.54) is 0 Å². The van der Waals surface area contributed by atoms with Crippen molar-refractivity contribution in [2.75, 3.05) is 24.5 Å². The highest BCUT2D eigenvalue weighted by Crippen LogP contribution is 2.28. The molecule has 0 aliphatic carbocycles. The quantitative estimate of drug-likeness (QED) is 0.816. The topological polar surface area (TPSA) is 96.8 Å². The van der Waals surface area contributed by atoms with E-state index < -0.39 is 11.6 Å². The standard InChI is InChI=1S/C21H27N5O4/c1-21(2,3)30-20(29)24-9-6-15(7-10-24)26-13-14-12-16(4-5-17(14)23-26)25-11-8-18(27)22-19(25)28/h4-5,12-13,15H,6-11H2,1-3H3,(H,22,27,28). The Morgan fingerprint density at radius 2 is 1.90 bits per heavy atom. The average molecular weight is 413 g/mol. The largest absolute Gasteiger partial charge is 0.444 e. The molecule has 1 aromatic heterocycles. The number of ether oxygens (including phenoxy) is 1. The van der Waals surface area contributed by atoms with Crippen LogP contribution in [0.5, 0.6) is 0 Å². The normalized spacial score (nSPS) is 18.6. The minimum Gasteiger partial charge on any atom is -0.444 e. The zero-order valence-electron chi connectivity index (χ0n) is 17.6. The van der Waals surface area contributed by atoms with Gasteiger partial charge in [0.25, 0.3) is 0 Å². The molecule has 4 amide bonds. The summed E-state index contributed by atoms with van der Waals surface area (Å²) in [6.07, 6.45) is 3.61. The molecule has 2 aliphatic rings. The summed E-state index contributed by atoms with van der Waals surface area (Å²) in [4.78, 5) is 39.0. The van der Waals surface area contributed by atoms with Gasteiger partial charge in [-0.15, -0.1) is 0 Å². The van der Waals surface area contributed by atoms with Gasteiger partial charge in [0.15, 0.2) is 0 Å². The highest BCUT2D eigenvalue weighted by atomic mass is 16.6. The Hall–Kier alpha value is -3.10. The number of fused-ring (bicyclic) bond motifs is 1. The number of benzene rings is 1. The lowest BCUT2D eigenvalue weighted by atomic mass is 10.1. The van der Waals surface area contributed by atoms with Gasteiger partial charge in [-0.3, -0.25) is 19.7 Å². The summed E-state index contributed by atoms with van der Waals surface area (Å²) < 4.78 is 7.42. The van der Waals surface area contributed by atoms with Crippen molar-refractivity contribution in [2.24, 2.45) is 0 Å². The first-order chi connectivity index (χ1) is 14.2. The Bertz CT molecular complexity index is 985. The van der Waals surface area contributed by atoms with Gasteiger partial charge in [0.2, 0.25) is 5.91 Å². The van der Waals surface area contributed by atoms with Gasteiger partial charge in [-0.05, 0) is 51.8 Å². The minimum atomic E-state index is -0.496. The average Bonchev–Trinajstić information content (AvgIpc) is 3.10. The van der Waals surface area contributed by atoms with Crippen molar-refractivity contribution in [2.45, 2.75) is 51.7 Å². The summed E-state index contributed by atoms with van der Waals surface area (Å²) in [6, 6.07) is 5.47. The van der Waals surface area contributed by atoms with Crippen molar-refractivity contribution in [1.29, 1.82) is 0 Å². The number of hydrogen-bond donors (Lipinski definition) is 1. The molecule has 9 nitrogen and oxygen atoms in total. The molecule has 0 unspecified atom stereocenters. The molecular weight excluding hydrogens is 386 g/mol. The van der Waals surface area contributed by atoms with Crippen LogP contribution in [0.4, 0.5) is 15.3 Å². The Labute approximate surface area is 174 Å². The monoisotopic (exact) mass is 413 g/mol. The first kappa shape index (κ1) is 20.2. The molecule has 2 saturated heterocycles. The first-order valence-electron chi connectivity index (χ1n) is 10.3. The van der Waals surface area contributed by atoms with Crippen LogP contribution in [-0.2, 0) is 9.53 Å². The minimum absolute atomic E-state index is 0.204. The van der Waals surface area contributed by atoms with E-state index in [1.807, 2.05) is 49.8 Å². The van der Waals surface area contributed by atoms with Crippen molar-refractivity contribution in [3.05, 3.63) is 24.4 Å². The predicted octanol–water partition coefficient (Wildman–Crippen LogP) is 3.05. The molecule has 1 N–H and O–H groups in total. The zero-order chi connectivity index (χ0) is 21.5. The van der Waals surface area contributed by atoms with Gasteiger partial charge < -0.3 is 9.64 Å². The van der Waals surface area contributed by atoms with Gasteiger partial charge in [-0.2, -0.15) is 5.10 Å². The maximum absolute atomic E-state index is 12.3. The lowest BCUT2D eigenvalue weighted by Crippen LogP contribution is -2.49. The fourth-order valence-electron chi connectivity index (χ4n) is 3.84. The smallest absolute Gasteiger partial charge is 0.410 e. The number of carbonyl (C=O) groups excluding carboxylic acids is 3. The van der Waals surface area contributed by atoms with E-state index >= 15 is 0 Å². The van der Waals surface area contributed by atoms with Gasteiger partial charge >= 0.3 is 12.1 Å². The van der Waals surface area contributed by atoms with Crippen LogP contribution in [0.25, 0.3) is 10.9 Å². The van der Waals surface area contributed by atoms with E-state index in [9.17, 15) is 14.4 Å². The Kier molecular flexibility index (Phi) is 5.13. The van der Waals surface area contributed by atoms with Crippen molar-refractivity contribution in [1.82, 2.24) is 20.0 Å². The van der Waals surface area contributed by atoms with Crippen LogP contribution >= 0.6 is 0 Å². The summed E-state index contributed by atoms with van der Waals surface area (Å²) >= 11 is 0. The Morgan fingerprint density at radius 1 is 1.17 bits per heavy atom. The molecule has 4 rings (SSSR count). The van der Waals surface area contributed by atoms with Crippen molar-refractivity contribution < 1.29 is 19.1 Å². The van der Waals surface area contributed by atoms with Crippen molar-refractivity contribution in [3.8, 4) is 0 Å². The van der Waals surface area contributed by atoms with Crippen LogP contribution in [-0.4, -0.2) is 57.9 Å². The molecule has 2 fully saturated rings. The Balaban J connectivity index is 1.44. The van der Waals surface area contributed by atoms with Gasteiger partial charge in [-0.25, -0.2) is 9.59 Å². The van der Waals surface area contributed by atoms with Crippen LogP contribution in [0.1, 0.15) is 46.1 Å². The molecule has 3 heterocycles. The molecule has 2 aromatic rings. The molecular formula is C21H27N5O4. The number of likely N-dealkylation sites (tertiary alicyclic amines) is 1. The molecule has 2 aliphatic heterocycles. The summed E-state index contributed by atoms with van der Waals surface area (Å²) in [5, 5.41) is 7.97. The number of hydrogen-bond acceptors (Lipinski definition) is 5. The van der Waals surface area contributed by atoms with Gasteiger partial charge in [0.05, 0.1) is 11.6 Å². The van der Waals surface area contributed by atoms with E-state index in [2.05, 4.69) is 5.32 Å². The number of rotatable bonds is 2. The van der Waals surface area contributed by atoms with Crippen LogP contribution in [0, 0.1) is 0 Å². The molecule has 9 heteroatoms. The number of imide groups is 1. The summed E-state index contributed by atoms with van der Waals surface area (Å²) in [7, 11) is 0. The number of aromatic nitrogens is 2. The second-order valence-electron chi connectivity index (χ2n) is 8.81. The van der Waals surface area contributed by atoms with Crippen LogP contribution in [0.3, 0.4) is 0 Å². The van der Waals surface area contributed by atoms with E-state index in [0.717, 1.165) is 29.4 Å². The van der Waals surface area contributed by atoms with Gasteiger partial charge in [0.1, 0.15) is 5.60 Å². The molecule has 0 spiro atoms. The highest BCUT2D eigenvalue weighted by Gasteiger charge is 2.28. The van der Waals surface area contributed by atoms with Crippen molar-refractivity contribution in [3.63, 3.8) is 0 Å². The maximum atomic E-state index is 12.3. The third-order valence-corrected chi connectivity index (χ3v) is 5.36. The molecule has 0 atom stereocenters. The maximum Gasteiger partial charge on any atom is 0.410 e. The van der Waals surface area contributed by atoms with E-state index in [-0.39, 0.29) is 18.0 Å². The number of amides is 4. The van der Waals surface area contributed by atoms with Gasteiger partial charge in [-0.1, -0.05) is 0 Å². The molecule has 0 bridgehead atoms. The number of urea groups is 1. The number of carbonyl (C=O) groups is 3. The lowest BCUT2D eigenvalue weighted by Gasteiger charge is -2.33. The predicted molar refractivity (Wildman–Crippen MR) is 111 cm³/mol. The van der Waals surface area contributed by atoms with E-state index in [4.69, 9.17) is 9.84 Å². The van der Waals surface area contributed by atoms with Crippen LogP contribution in [0.2, 0.25) is 0 Å². The molecule has 0 saturated carbocycles. The zero-order valence-corrected chi connectivity index (χ0v) is 17.6. The number of nitrogens with zero attached hydrogens (tertiary/aromatic N) is 4. The second-order valence-corrected chi connectivity index (χ2v) is 8.81. The van der Waals surface area contributed by atoms with Crippen LogP contribution in [0.15, 0.2) is 24.4 Å². The van der Waals surface area contributed by atoms with E-state index in [1.54, 1.807) is 9.80 Å². The Morgan fingerprint density at radius 3 is 2.57 bits per heavy atom. The fourth-order valence-corrected chi connectivity index (χ4v) is 3.84. The molecule has 0 radical (unpaired) electrons. The summed E-state index contributed by atoms with van der Waals surface area (Å²) in [6.45, 7) is 7.23. The van der Waals surface area contributed by atoms with Gasteiger partial charge in [0, 0.05) is 43.3 Å². The van der Waals surface area contributed by atoms with Crippen LogP contribution < -0.4 is 10.2 Å². The summed E-state index contributed by atoms with van der Waals surface area (Å²) in [5.41, 5.74) is 1.10. The highest BCUT2D eigenvalue weighted by molar-refractivity contribution is 6.06. The van der Waals surface area contributed by atoms with Crippen molar-refractivity contribution >= 4 is 34.6 Å². The number of anilines is 1. The third-order valence-electron chi connectivity index (χ3n) is 5.36. The lowest BCUT2D eigenvalue weighted by molar-refractivity contribution is -0.120. The third kappa shape index (κ3) is 4.24. The molecule has 160 valence electrons. The number of nitrogens with one attached hydrogen (secondary N) is 1. The fraction of sp³-hybridized carbons (Fsp3) is 0.524.